The molecule has 1 aromatic rings. The minimum absolute atomic E-state index is 0.350. The fourth-order valence-electron chi connectivity index (χ4n) is 2.33. The van der Waals surface area contributed by atoms with E-state index >= 15 is 0 Å². The molecule has 0 aromatic heterocycles. The summed E-state index contributed by atoms with van der Waals surface area (Å²) in [7, 11) is 0. The number of rotatable bonds is 3. The number of hydrogen-bond acceptors (Lipinski definition) is 2. The summed E-state index contributed by atoms with van der Waals surface area (Å²) in [6.07, 6.45) is 4.02. The lowest BCUT2D eigenvalue weighted by Crippen LogP contribution is -2.06. The van der Waals surface area contributed by atoms with Crippen molar-refractivity contribution in [2.45, 2.75) is 32.3 Å². The lowest BCUT2D eigenvalue weighted by Gasteiger charge is -2.11. The summed E-state index contributed by atoms with van der Waals surface area (Å²) in [6.45, 7) is 3.78. The van der Waals surface area contributed by atoms with Gasteiger partial charge >= 0.3 is 0 Å². The zero-order chi connectivity index (χ0) is 10.3. The molecule has 80 valence electrons. The van der Waals surface area contributed by atoms with Gasteiger partial charge in [0.2, 0.25) is 0 Å². The Morgan fingerprint density at radius 3 is 2.93 bits per heavy atom. The Balaban J connectivity index is 1.84. The van der Waals surface area contributed by atoms with E-state index < -0.39 is 0 Å². The minimum Gasteiger partial charge on any atom is -0.490 e. The molecule has 1 unspecified atom stereocenters. The highest BCUT2D eigenvalue weighted by Gasteiger charge is 2.24. The molecule has 3 rings (SSSR count). The Bertz CT molecular complexity index is 380. The zero-order valence-electron chi connectivity index (χ0n) is 9.08. The molecule has 1 saturated heterocycles. The van der Waals surface area contributed by atoms with Crippen LogP contribution in [-0.2, 0) is 17.6 Å². The highest BCUT2D eigenvalue weighted by molar-refractivity contribution is 5.47. The van der Waals surface area contributed by atoms with E-state index in [0.29, 0.717) is 6.10 Å². The Kier molecular flexibility index (Phi) is 2.17. The molecule has 1 atom stereocenters. The third-order valence-electron chi connectivity index (χ3n) is 3.30. The number of ether oxygens (including phenoxy) is 2. The van der Waals surface area contributed by atoms with Crippen LogP contribution in [0.15, 0.2) is 12.1 Å². The monoisotopic (exact) mass is 204 g/mol. The number of aryl methyl sites for hydroxylation is 1. The van der Waals surface area contributed by atoms with Gasteiger partial charge in [0.1, 0.15) is 18.5 Å². The van der Waals surface area contributed by atoms with E-state index in [2.05, 4.69) is 19.1 Å². The van der Waals surface area contributed by atoms with Crippen LogP contribution in [0, 0.1) is 6.92 Å². The topological polar surface area (TPSA) is 21.8 Å². The largest absolute Gasteiger partial charge is 0.490 e. The predicted molar refractivity (Wildman–Crippen MR) is 58.4 cm³/mol. The van der Waals surface area contributed by atoms with Crippen molar-refractivity contribution in [2.24, 2.45) is 0 Å². The maximum Gasteiger partial charge on any atom is 0.122 e. The van der Waals surface area contributed by atoms with Gasteiger partial charge in [0.25, 0.3) is 0 Å². The van der Waals surface area contributed by atoms with Crippen LogP contribution in [0.3, 0.4) is 0 Å². The second-order valence-electron chi connectivity index (χ2n) is 4.46. The predicted octanol–water partition coefficient (Wildman–Crippen LogP) is 2.26. The van der Waals surface area contributed by atoms with E-state index in [1.165, 1.54) is 36.0 Å². The molecule has 2 nitrogen and oxygen atoms in total. The lowest BCUT2D eigenvalue weighted by atomic mass is 10.0. The van der Waals surface area contributed by atoms with Crippen molar-refractivity contribution >= 4 is 0 Å². The molecule has 2 aliphatic rings. The quantitative estimate of drug-likeness (QED) is 0.704. The smallest absolute Gasteiger partial charge is 0.122 e. The second kappa shape index (κ2) is 3.53. The van der Waals surface area contributed by atoms with Gasteiger partial charge in [0, 0.05) is 0 Å². The highest BCUT2D eigenvalue weighted by atomic mass is 16.6. The van der Waals surface area contributed by atoms with Crippen molar-refractivity contribution in [3.8, 4) is 5.75 Å². The van der Waals surface area contributed by atoms with Crippen LogP contribution in [-0.4, -0.2) is 19.3 Å². The third kappa shape index (κ3) is 1.74. The van der Waals surface area contributed by atoms with Crippen LogP contribution >= 0.6 is 0 Å². The third-order valence-corrected chi connectivity index (χ3v) is 3.30. The van der Waals surface area contributed by atoms with E-state index in [4.69, 9.17) is 9.47 Å². The summed E-state index contributed by atoms with van der Waals surface area (Å²) in [5.74, 6) is 1.09. The molecule has 15 heavy (non-hydrogen) atoms. The fourth-order valence-corrected chi connectivity index (χ4v) is 2.33. The minimum atomic E-state index is 0.350. The standard InChI is InChI=1S/C13H16O2/c1-9-5-6-13(15-8-10-7-14-10)12-4-2-3-11(9)12/h5-6,10H,2-4,7-8H2,1H3. The Labute approximate surface area is 90.2 Å². The highest BCUT2D eigenvalue weighted by Crippen LogP contribution is 2.33. The molecule has 1 aromatic carbocycles. The van der Waals surface area contributed by atoms with E-state index in [1.807, 2.05) is 0 Å². The van der Waals surface area contributed by atoms with Crippen LogP contribution in [0.1, 0.15) is 23.1 Å². The molecule has 0 saturated carbocycles. The fraction of sp³-hybridized carbons (Fsp3) is 0.538. The number of benzene rings is 1. The van der Waals surface area contributed by atoms with Gasteiger partial charge in [-0.25, -0.2) is 0 Å². The van der Waals surface area contributed by atoms with Gasteiger partial charge in [-0.15, -0.1) is 0 Å². The van der Waals surface area contributed by atoms with Gasteiger partial charge in [0.05, 0.1) is 6.61 Å². The summed E-state index contributed by atoms with van der Waals surface area (Å²) in [5.41, 5.74) is 4.37. The van der Waals surface area contributed by atoms with Crippen LogP contribution in [0.5, 0.6) is 5.75 Å². The molecule has 0 amide bonds. The van der Waals surface area contributed by atoms with E-state index in [9.17, 15) is 0 Å². The van der Waals surface area contributed by atoms with Crippen molar-refractivity contribution in [1.29, 1.82) is 0 Å². The molecule has 0 bridgehead atoms. The molecular weight excluding hydrogens is 188 g/mol. The molecule has 1 aliphatic carbocycles. The van der Waals surface area contributed by atoms with E-state index in [0.717, 1.165) is 19.0 Å². The van der Waals surface area contributed by atoms with Gasteiger partial charge < -0.3 is 9.47 Å². The summed E-state index contributed by atoms with van der Waals surface area (Å²) in [4.78, 5) is 0. The van der Waals surface area contributed by atoms with Crippen molar-refractivity contribution in [3.05, 3.63) is 28.8 Å². The first-order chi connectivity index (χ1) is 7.34. The molecule has 0 N–H and O–H groups in total. The van der Waals surface area contributed by atoms with Crippen molar-refractivity contribution in [2.75, 3.05) is 13.2 Å². The van der Waals surface area contributed by atoms with Gasteiger partial charge in [-0.1, -0.05) is 6.07 Å². The number of hydrogen-bond donors (Lipinski definition) is 0. The first-order valence-electron chi connectivity index (χ1n) is 5.70. The summed E-state index contributed by atoms with van der Waals surface area (Å²) in [6, 6.07) is 4.29. The number of epoxide rings is 1. The maximum atomic E-state index is 5.80. The summed E-state index contributed by atoms with van der Waals surface area (Å²) < 4.78 is 11.0. The van der Waals surface area contributed by atoms with Crippen LogP contribution in [0.2, 0.25) is 0 Å². The molecule has 0 spiro atoms. The lowest BCUT2D eigenvalue weighted by molar-refractivity contribution is 0.261. The summed E-state index contributed by atoms with van der Waals surface area (Å²) >= 11 is 0. The van der Waals surface area contributed by atoms with Crippen molar-refractivity contribution < 1.29 is 9.47 Å². The van der Waals surface area contributed by atoms with Crippen LogP contribution < -0.4 is 4.74 Å². The first-order valence-corrected chi connectivity index (χ1v) is 5.70. The van der Waals surface area contributed by atoms with Crippen LogP contribution in [0.4, 0.5) is 0 Å². The zero-order valence-corrected chi connectivity index (χ0v) is 9.08. The SMILES string of the molecule is Cc1ccc(OCC2CO2)c2c1CCC2. The Morgan fingerprint density at radius 2 is 2.13 bits per heavy atom. The molecule has 1 aliphatic heterocycles. The Morgan fingerprint density at radius 1 is 1.33 bits per heavy atom. The van der Waals surface area contributed by atoms with Gasteiger partial charge in [-0.2, -0.15) is 0 Å². The molecular formula is C13H16O2. The number of fused-ring (bicyclic) bond motifs is 1. The Hall–Kier alpha value is -1.02. The van der Waals surface area contributed by atoms with Gasteiger partial charge in [-0.3, -0.25) is 0 Å². The van der Waals surface area contributed by atoms with Crippen LogP contribution in [0.25, 0.3) is 0 Å². The van der Waals surface area contributed by atoms with Crippen molar-refractivity contribution in [3.63, 3.8) is 0 Å². The average Bonchev–Trinajstić information content (AvgIpc) is 2.92. The normalized spacial score (nSPS) is 22.6. The second-order valence-corrected chi connectivity index (χ2v) is 4.46. The molecule has 0 radical (unpaired) electrons. The van der Waals surface area contributed by atoms with Gasteiger partial charge in [0.15, 0.2) is 0 Å². The first kappa shape index (κ1) is 9.22. The molecule has 1 heterocycles. The van der Waals surface area contributed by atoms with Gasteiger partial charge in [-0.05, 0) is 48.9 Å². The molecule has 2 heteroatoms. The van der Waals surface area contributed by atoms with E-state index in [-0.39, 0.29) is 0 Å². The molecule has 1 fully saturated rings. The average molecular weight is 204 g/mol. The van der Waals surface area contributed by atoms with E-state index in [1.54, 1.807) is 0 Å². The van der Waals surface area contributed by atoms with Crippen molar-refractivity contribution in [1.82, 2.24) is 0 Å². The summed E-state index contributed by atoms with van der Waals surface area (Å²) in [5, 5.41) is 0. The maximum absolute atomic E-state index is 5.80.